The summed E-state index contributed by atoms with van der Waals surface area (Å²) in [6.45, 7) is 0. The first-order valence-electron chi connectivity index (χ1n) is 9.08. The van der Waals surface area contributed by atoms with Crippen LogP contribution in [0.15, 0.2) is 78.0 Å². The molecule has 0 saturated heterocycles. The molecule has 8 heteroatoms. The number of pyridine rings is 1. The Hall–Kier alpha value is -2.72. The third kappa shape index (κ3) is 3.61. The van der Waals surface area contributed by atoms with Crippen LogP contribution in [0.25, 0.3) is 11.0 Å². The molecule has 2 heterocycles. The molecule has 0 bridgehead atoms. The van der Waals surface area contributed by atoms with Gasteiger partial charge in [0.15, 0.2) is 11.4 Å². The Morgan fingerprint density at radius 3 is 2.30 bits per heavy atom. The quantitative estimate of drug-likeness (QED) is 0.286. The van der Waals surface area contributed by atoms with Crippen LogP contribution >= 0.6 is 22.6 Å². The van der Waals surface area contributed by atoms with E-state index in [0.717, 1.165) is 5.69 Å². The van der Waals surface area contributed by atoms with Gasteiger partial charge in [0.2, 0.25) is 0 Å². The second-order valence-electron chi connectivity index (χ2n) is 6.96. The minimum atomic E-state index is -3.78. The van der Waals surface area contributed by atoms with Gasteiger partial charge >= 0.3 is 0 Å². The summed E-state index contributed by atoms with van der Waals surface area (Å²) in [6.07, 6.45) is 2.96. The second kappa shape index (κ2) is 7.84. The van der Waals surface area contributed by atoms with Gasteiger partial charge in [-0.1, -0.05) is 18.2 Å². The molecule has 152 valence electrons. The molecule has 0 radical (unpaired) electrons. The fourth-order valence-corrected chi connectivity index (χ4v) is 5.34. The summed E-state index contributed by atoms with van der Waals surface area (Å²) in [4.78, 5) is 19.4. The van der Waals surface area contributed by atoms with Gasteiger partial charge in [-0.25, -0.2) is 17.4 Å². The number of hydrogen-bond donors (Lipinski definition) is 0. The summed E-state index contributed by atoms with van der Waals surface area (Å²) in [6, 6.07) is 17.2. The molecule has 4 aromatic rings. The number of nitrogens with zero attached hydrogens (tertiary/aromatic N) is 3. The van der Waals surface area contributed by atoms with Gasteiger partial charge < -0.3 is 4.90 Å². The number of carbonyl (C=O) groups is 1. The Morgan fingerprint density at radius 2 is 1.67 bits per heavy atom. The number of ketones is 1. The van der Waals surface area contributed by atoms with Gasteiger partial charge in [-0.3, -0.25) is 4.79 Å². The van der Waals surface area contributed by atoms with Crippen LogP contribution in [0, 0.1) is 3.57 Å². The largest absolute Gasteiger partial charge is 0.378 e. The summed E-state index contributed by atoms with van der Waals surface area (Å²) < 4.78 is 27.9. The number of benzene rings is 2. The standard InChI is InChI=1S/C22H18IN3O3S/c1-25(2)17-10-8-15(9-11-17)21(27)16-12-19-20(23)14-26(22(19)24-13-16)30(28,29)18-6-4-3-5-7-18/h3-14H,1-2H3. The van der Waals surface area contributed by atoms with E-state index in [0.29, 0.717) is 25.7 Å². The van der Waals surface area contributed by atoms with Crippen LogP contribution in [-0.4, -0.2) is 37.3 Å². The van der Waals surface area contributed by atoms with Crippen molar-refractivity contribution in [3.8, 4) is 0 Å². The molecule has 0 aliphatic carbocycles. The van der Waals surface area contributed by atoms with E-state index in [1.54, 1.807) is 48.5 Å². The third-order valence-corrected chi connectivity index (χ3v) is 7.30. The molecule has 4 rings (SSSR count). The monoisotopic (exact) mass is 531 g/mol. The zero-order valence-electron chi connectivity index (χ0n) is 16.3. The molecule has 6 nitrogen and oxygen atoms in total. The van der Waals surface area contributed by atoms with E-state index in [1.807, 2.05) is 31.1 Å². The van der Waals surface area contributed by atoms with Crippen molar-refractivity contribution in [2.45, 2.75) is 4.90 Å². The predicted octanol–water partition coefficient (Wildman–Crippen LogP) is 4.17. The highest BCUT2D eigenvalue weighted by Crippen LogP contribution is 2.27. The topological polar surface area (TPSA) is 72.3 Å². The van der Waals surface area contributed by atoms with Crippen molar-refractivity contribution >= 4 is 55.1 Å². The third-order valence-electron chi connectivity index (χ3n) is 4.77. The second-order valence-corrected chi connectivity index (χ2v) is 9.93. The number of rotatable bonds is 5. The summed E-state index contributed by atoms with van der Waals surface area (Å²) in [5.74, 6) is -0.163. The van der Waals surface area contributed by atoms with Crippen LogP contribution in [0.2, 0.25) is 0 Å². The van der Waals surface area contributed by atoms with Crippen molar-refractivity contribution in [3.05, 3.63) is 87.8 Å². The molecule has 0 fully saturated rings. The smallest absolute Gasteiger partial charge is 0.269 e. The number of anilines is 1. The van der Waals surface area contributed by atoms with Crippen molar-refractivity contribution < 1.29 is 13.2 Å². The molecule has 30 heavy (non-hydrogen) atoms. The number of fused-ring (bicyclic) bond motifs is 1. The van der Waals surface area contributed by atoms with Crippen LogP contribution in [0.3, 0.4) is 0 Å². The molecule has 2 aromatic heterocycles. The van der Waals surface area contributed by atoms with Crippen molar-refractivity contribution in [1.29, 1.82) is 0 Å². The number of halogens is 1. The minimum Gasteiger partial charge on any atom is -0.378 e. The molecule has 0 aliphatic rings. The van der Waals surface area contributed by atoms with Crippen molar-refractivity contribution in [3.63, 3.8) is 0 Å². The van der Waals surface area contributed by atoms with E-state index >= 15 is 0 Å². The van der Waals surface area contributed by atoms with E-state index in [4.69, 9.17) is 0 Å². The lowest BCUT2D eigenvalue weighted by molar-refractivity contribution is 0.103. The first-order chi connectivity index (χ1) is 14.3. The summed E-state index contributed by atoms with van der Waals surface area (Å²) in [5, 5.41) is 0.617. The van der Waals surface area contributed by atoms with Crippen molar-refractivity contribution in [2.75, 3.05) is 19.0 Å². The van der Waals surface area contributed by atoms with Gasteiger partial charge in [-0.2, -0.15) is 0 Å². The minimum absolute atomic E-state index is 0.163. The first kappa shape index (κ1) is 20.5. The average Bonchev–Trinajstić information content (AvgIpc) is 3.10. The normalized spacial score (nSPS) is 11.6. The highest BCUT2D eigenvalue weighted by molar-refractivity contribution is 14.1. The average molecular weight is 531 g/mol. The fraction of sp³-hybridized carbons (Fsp3) is 0.0909. The molecule has 0 unspecified atom stereocenters. The van der Waals surface area contributed by atoms with Crippen molar-refractivity contribution in [2.24, 2.45) is 0 Å². The molecule has 0 spiro atoms. The Kier molecular flexibility index (Phi) is 5.37. The van der Waals surface area contributed by atoms with Gasteiger partial charge in [0.05, 0.1) is 4.90 Å². The van der Waals surface area contributed by atoms with E-state index in [1.165, 1.54) is 16.4 Å². The highest BCUT2D eigenvalue weighted by atomic mass is 127. The van der Waals surface area contributed by atoms with Gasteiger partial charge in [0, 0.05) is 52.3 Å². The maximum absolute atomic E-state index is 13.0. The fourth-order valence-electron chi connectivity index (χ4n) is 3.13. The van der Waals surface area contributed by atoms with Crippen LogP contribution < -0.4 is 4.90 Å². The molecular formula is C22H18IN3O3S. The molecule has 2 aromatic carbocycles. The molecule has 0 saturated carbocycles. The molecular weight excluding hydrogens is 513 g/mol. The van der Waals surface area contributed by atoms with Gasteiger partial charge in [-0.05, 0) is 65.1 Å². The molecule has 0 atom stereocenters. The van der Waals surface area contributed by atoms with Gasteiger partial charge in [-0.15, -0.1) is 0 Å². The zero-order chi connectivity index (χ0) is 21.5. The van der Waals surface area contributed by atoms with Crippen LogP contribution in [0.4, 0.5) is 5.69 Å². The van der Waals surface area contributed by atoms with E-state index in [2.05, 4.69) is 27.6 Å². The Bertz CT molecular complexity index is 1350. The number of hydrogen-bond acceptors (Lipinski definition) is 5. The Morgan fingerprint density at radius 1 is 1.00 bits per heavy atom. The predicted molar refractivity (Wildman–Crippen MR) is 126 cm³/mol. The van der Waals surface area contributed by atoms with Gasteiger partial charge in [0.1, 0.15) is 0 Å². The number of carbonyl (C=O) groups excluding carboxylic acids is 1. The summed E-state index contributed by atoms with van der Waals surface area (Å²) >= 11 is 2.06. The lowest BCUT2D eigenvalue weighted by atomic mass is 10.0. The van der Waals surface area contributed by atoms with E-state index in [-0.39, 0.29) is 10.7 Å². The van der Waals surface area contributed by atoms with Crippen LogP contribution in [0.5, 0.6) is 0 Å². The number of aromatic nitrogens is 2. The lowest BCUT2D eigenvalue weighted by Gasteiger charge is -2.12. The van der Waals surface area contributed by atoms with Crippen molar-refractivity contribution in [1.82, 2.24) is 8.96 Å². The van der Waals surface area contributed by atoms with Crippen LogP contribution in [0.1, 0.15) is 15.9 Å². The van der Waals surface area contributed by atoms with E-state index < -0.39 is 10.0 Å². The van der Waals surface area contributed by atoms with Crippen LogP contribution in [-0.2, 0) is 10.0 Å². The maximum atomic E-state index is 13.0. The first-order valence-corrected chi connectivity index (χ1v) is 11.6. The Balaban J connectivity index is 1.76. The SMILES string of the molecule is CN(C)c1ccc(C(=O)c2cnc3c(c2)c(I)cn3S(=O)(=O)c2ccccc2)cc1. The molecule has 0 aliphatic heterocycles. The molecule has 0 N–H and O–H groups in total. The maximum Gasteiger partial charge on any atom is 0.269 e. The Labute approximate surface area is 188 Å². The molecule has 0 amide bonds. The van der Waals surface area contributed by atoms with Gasteiger partial charge in [0.25, 0.3) is 10.0 Å². The summed E-state index contributed by atoms with van der Waals surface area (Å²) in [7, 11) is 0.0874. The van der Waals surface area contributed by atoms with E-state index in [9.17, 15) is 13.2 Å². The summed E-state index contributed by atoms with van der Waals surface area (Å²) in [5.41, 5.74) is 2.25. The zero-order valence-corrected chi connectivity index (χ0v) is 19.3. The lowest BCUT2D eigenvalue weighted by Crippen LogP contribution is -2.12. The highest BCUT2D eigenvalue weighted by Gasteiger charge is 2.22.